The van der Waals surface area contributed by atoms with Gasteiger partial charge in [0.25, 0.3) is 0 Å². The van der Waals surface area contributed by atoms with Crippen LogP contribution in [0.5, 0.6) is 5.75 Å². The van der Waals surface area contributed by atoms with Gasteiger partial charge >= 0.3 is 0 Å². The molecule has 0 saturated carbocycles. The van der Waals surface area contributed by atoms with E-state index in [9.17, 15) is 4.39 Å². The molecule has 0 N–H and O–H groups in total. The first kappa shape index (κ1) is 11.0. The van der Waals surface area contributed by atoms with Gasteiger partial charge in [0, 0.05) is 17.2 Å². The number of methoxy groups -OCH3 is 1. The molecule has 0 bridgehead atoms. The fourth-order valence-corrected chi connectivity index (χ4v) is 1.69. The monoisotopic (exact) mass is 235 g/mol. The predicted octanol–water partition coefficient (Wildman–Crippen LogP) is 3.95. The zero-order valence-corrected chi connectivity index (χ0v) is 9.38. The summed E-state index contributed by atoms with van der Waals surface area (Å²) < 4.78 is 18.9. The minimum Gasteiger partial charge on any atom is -0.495 e. The van der Waals surface area contributed by atoms with Crippen molar-refractivity contribution in [1.29, 1.82) is 0 Å². The first-order chi connectivity index (χ1) is 7.74. The summed E-state index contributed by atoms with van der Waals surface area (Å²) in [5.41, 5.74) is 1.06. The summed E-state index contributed by atoms with van der Waals surface area (Å²) in [4.78, 5) is 0. The maximum Gasteiger partial charge on any atom is 0.149 e. The highest BCUT2D eigenvalue weighted by Crippen LogP contribution is 2.33. The molecule has 2 rings (SSSR count). The van der Waals surface area contributed by atoms with Gasteiger partial charge in [0.1, 0.15) is 11.6 Å². The van der Waals surface area contributed by atoms with Crippen LogP contribution in [0.1, 0.15) is 0 Å². The van der Waals surface area contributed by atoms with Gasteiger partial charge in [-0.2, -0.15) is 0 Å². The summed E-state index contributed by atoms with van der Waals surface area (Å²) in [7, 11) is 1.53. The Kier molecular flexibility index (Phi) is 3.11. The van der Waals surface area contributed by atoms with Crippen LogP contribution in [0.4, 0.5) is 4.39 Å². The first-order valence-corrected chi connectivity index (χ1v) is 5.11. The van der Waals surface area contributed by atoms with Crippen molar-refractivity contribution in [2.45, 2.75) is 0 Å². The third kappa shape index (κ3) is 1.89. The lowest BCUT2D eigenvalue weighted by molar-refractivity contribution is 0.415. The predicted molar refractivity (Wildman–Crippen MR) is 62.2 cm³/mol. The summed E-state index contributed by atoms with van der Waals surface area (Å²) >= 11 is 5.73. The Balaban J connectivity index is 2.63. The molecule has 16 heavy (non-hydrogen) atoms. The number of hydrogen-bond donors (Lipinski definition) is 0. The van der Waals surface area contributed by atoms with Gasteiger partial charge in [-0.1, -0.05) is 41.9 Å². The maximum absolute atomic E-state index is 13.8. The highest BCUT2D eigenvalue weighted by molar-refractivity contribution is 6.31. The zero-order valence-electron chi connectivity index (χ0n) is 8.63. The summed E-state index contributed by atoms with van der Waals surface area (Å²) in [5.74, 6) is 0.0609. The topological polar surface area (TPSA) is 9.23 Å². The van der Waals surface area contributed by atoms with Crippen molar-refractivity contribution in [2.75, 3.05) is 7.11 Å². The van der Waals surface area contributed by atoms with Gasteiger partial charge in [-0.25, -0.2) is 4.39 Å². The highest BCUT2D eigenvalue weighted by atomic mass is 35.5. The SMILES string of the molecule is COc1[c]cccc1-c1cccc(Cl)c1F. The summed E-state index contributed by atoms with van der Waals surface area (Å²) in [6.45, 7) is 0. The molecule has 81 valence electrons. The molecule has 0 aromatic heterocycles. The van der Waals surface area contributed by atoms with Crippen molar-refractivity contribution < 1.29 is 9.13 Å². The molecule has 0 atom stereocenters. The summed E-state index contributed by atoms with van der Waals surface area (Å²) in [6.07, 6.45) is 0. The Bertz CT molecular complexity index is 511. The number of benzene rings is 2. The number of rotatable bonds is 2. The molecular formula is C13H9ClFO. The lowest BCUT2D eigenvalue weighted by atomic mass is 10.0. The van der Waals surface area contributed by atoms with E-state index in [1.807, 2.05) is 0 Å². The van der Waals surface area contributed by atoms with E-state index in [0.717, 1.165) is 0 Å². The molecule has 1 radical (unpaired) electrons. The molecule has 2 aromatic rings. The van der Waals surface area contributed by atoms with E-state index in [1.54, 1.807) is 30.3 Å². The van der Waals surface area contributed by atoms with Crippen LogP contribution < -0.4 is 4.74 Å². The lowest BCUT2D eigenvalue weighted by Crippen LogP contribution is -1.90. The lowest BCUT2D eigenvalue weighted by Gasteiger charge is -2.09. The average molecular weight is 236 g/mol. The third-order valence-electron chi connectivity index (χ3n) is 2.26. The molecule has 3 heteroatoms. The number of halogens is 2. The van der Waals surface area contributed by atoms with Crippen LogP contribution in [-0.2, 0) is 0 Å². The quantitative estimate of drug-likeness (QED) is 0.766. The Morgan fingerprint density at radius 2 is 1.94 bits per heavy atom. The molecular weight excluding hydrogens is 227 g/mol. The maximum atomic E-state index is 13.8. The van der Waals surface area contributed by atoms with Crippen LogP contribution in [0.15, 0.2) is 36.4 Å². The Morgan fingerprint density at radius 1 is 1.19 bits per heavy atom. The molecule has 0 aliphatic rings. The molecule has 0 saturated heterocycles. The van der Waals surface area contributed by atoms with Crippen molar-refractivity contribution in [3.8, 4) is 16.9 Å². The van der Waals surface area contributed by atoms with Gasteiger partial charge in [-0.15, -0.1) is 0 Å². The Morgan fingerprint density at radius 3 is 2.69 bits per heavy atom. The molecule has 0 fully saturated rings. The minimum atomic E-state index is -0.443. The Labute approximate surface area is 98.4 Å². The molecule has 0 heterocycles. The van der Waals surface area contributed by atoms with E-state index in [1.165, 1.54) is 13.2 Å². The second kappa shape index (κ2) is 4.54. The molecule has 0 aliphatic heterocycles. The van der Waals surface area contributed by atoms with Crippen LogP contribution in [0.2, 0.25) is 5.02 Å². The Hall–Kier alpha value is -1.54. The van der Waals surface area contributed by atoms with Gasteiger partial charge in [-0.3, -0.25) is 0 Å². The normalized spacial score (nSPS) is 10.2. The van der Waals surface area contributed by atoms with E-state index in [2.05, 4.69) is 6.07 Å². The second-order valence-electron chi connectivity index (χ2n) is 3.22. The minimum absolute atomic E-state index is 0.100. The molecule has 1 nitrogen and oxygen atoms in total. The van der Waals surface area contributed by atoms with Crippen LogP contribution in [0, 0.1) is 11.9 Å². The summed E-state index contributed by atoms with van der Waals surface area (Å²) in [5, 5.41) is 0.100. The standard InChI is InChI=1S/C13H9ClFO/c1-16-12-8-3-2-5-9(12)10-6-4-7-11(14)13(10)15/h2-7H,1H3. The van der Waals surface area contributed by atoms with E-state index in [4.69, 9.17) is 16.3 Å². The van der Waals surface area contributed by atoms with Crippen LogP contribution in [-0.4, -0.2) is 7.11 Å². The fourth-order valence-electron chi connectivity index (χ4n) is 1.51. The van der Waals surface area contributed by atoms with Gasteiger partial charge in [-0.05, 0) is 6.07 Å². The largest absolute Gasteiger partial charge is 0.495 e. The van der Waals surface area contributed by atoms with Gasteiger partial charge < -0.3 is 4.74 Å². The van der Waals surface area contributed by atoms with Crippen molar-refractivity contribution in [1.82, 2.24) is 0 Å². The van der Waals surface area contributed by atoms with Gasteiger partial charge in [0.2, 0.25) is 0 Å². The van der Waals surface area contributed by atoms with E-state index in [0.29, 0.717) is 16.9 Å². The third-order valence-corrected chi connectivity index (χ3v) is 2.56. The summed E-state index contributed by atoms with van der Waals surface area (Å²) in [6, 6.07) is 13.0. The fraction of sp³-hybridized carbons (Fsp3) is 0.0769. The van der Waals surface area contributed by atoms with Crippen molar-refractivity contribution in [3.05, 3.63) is 53.3 Å². The van der Waals surface area contributed by atoms with E-state index in [-0.39, 0.29) is 5.02 Å². The van der Waals surface area contributed by atoms with Crippen molar-refractivity contribution in [3.63, 3.8) is 0 Å². The molecule has 0 unspecified atom stereocenters. The smallest absolute Gasteiger partial charge is 0.149 e. The first-order valence-electron chi connectivity index (χ1n) is 4.73. The van der Waals surface area contributed by atoms with Gasteiger partial charge in [0.05, 0.1) is 12.1 Å². The number of para-hydroxylation sites is 1. The molecule has 0 aliphatic carbocycles. The average Bonchev–Trinajstić information content (AvgIpc) is 2.33. The number of ether oxygens (including phenoxy) is 1. The van der Waals surface area contributed by atoms with E-state index >= 15 is 0 Å². The second-order valence-corrected chi connectivity index (χ2v) is 3.63. The van der Waals surface area contributed by atoms with Gasteiger partial charge in [0.15, 0.2) is 0 Å². The highest BCUT2D eigenvalue weighted by Gasteiger charge is 2.11. The van der Waals surface area contributed by atoms with Crippen LogP contribution in [0.3, 0.4) is 0 Å². The van der Waals surface area contributed by atoms with Crippen molar-refractivity contribution in [2.24, 2.45) is 0 Å². The zero-order chi connectivity index (χ0) is 11.5. The molecule has 0 spiro atoms. The van der Waals surface area contributed by atoms with E-state index < -0.39 is 5.82 Å². The molecule has 0 amide bonds. The van der Waals surface area contributed by atoms with Crippen molar-refractivity contribution >= 4 is 11.6 Å². The molecule has 2 aromatic carbocycles. The number of hydrogen-bond acceptors (Lipinski definition) is 1. The van der Waals surface area contributed by atoms with Crippen LogP contribution in [0.25, 0.3) is 11.1 Å². The van der Waals surface area contributed by atoms with Crippen LogP contribution >= 0.6 is 11.6 Å².